The Morgan fingerprint density at radius 2 is 1.07 bits per heavy atom. The Morgan fingerprint density at radius 3 is 1.54 bits per heavy atom. The maximum absolute atomic E-state index is 13.2. The number of carboxylic acid groups (broad SMARTS) is 1. The Hall–Kier alpha value is -5.13. The lowest BCUT2D eigenvalue weighted by Gasteiger charge is -2.27. The van der Waals surface area contributed by atoms with E-state index in [1.54, 1.807) is 27.7 Å². The lowest BCUT2D eigenvalue weighted by atomic mass is 10.00. The zero-order chi connectivity index (χ0) is 45.7. The molecule has 0 heterocycles. The minimum atomic E-state index is -1.73. The van der Waals surface area contributed by atoms with Crippen LogP contribution in [0.1, 0.15) is 81.1 Å². The molecule has 0 radical (unpaired) electrons. The maximum atomic E-state index is 13.2. The lowest BCUT2D eigenvalue weighted by Crippen LogP contribution is -2.61. The van der Waals surface area contributed by atoms with Gasteiger partial charge in [-0.2, -0.15) is 0 Å². The number of aliphatic carboxylic acids is 1. The summed E-state index contributed by atoms with van der Waals surface area (Å²) >= 11 is 0. The van der Waals surface area contributed by atoms with Crippen molar-refractivity contribution in [1.29, 1.82) is 0 Å². The highest BCUT2D eigenvalue weighted by atomic mass is 16.4. The lowest BCUT2D eigenvalue weighted by molar-refractivity contribution is -0.143. The molecule has 0 aliphatic carbocycles. The van der Waals surface area contributed by atoms with E-state index in [-0.39, 0.29) is 43.6 Å². The van der Waals surface area contributed by atoms with Crippen molar-refractivity contribution in [3.63, 3.8) is 0 Å². The van der Waals surface area contributed by atoms with Crippen LogP contribution in [-0.4, -0.2) is 148 Å². The average Bonchev–Trinajstić information content (AvgIpc) is 3.12. The second kappa shape index (κ2) is 26.8. The van der Waals surface area contributed by atoms with Gasteiger partial charge in [0.2, 0.25) is 41.4 Å². The highest BCUT2D eigenvalue weighted by molar-refractivity contribution is 5.97. The molecule has 0 aromatic rings. The van der Waals surface area contributed by atoms with Gasteiger partial charge in [-0.05, 0) is 57.3 Å². The van der Waals surface area contributed by atoms with Crippen LogP contribution in [0.25, 0.3) is 0 Å². The molecule has 9 atom stereocenters. The van der Waals surface area contributed by atoms with E-state index < -0.39 is 121 Å². The standard InChI is InChI=1S/C36H67N11O12/c1-16(2)12-21(37)29(52)46-26(18(5)6)32(55)44-24(15-48)31(54)43-23(13-17(3)4)30(53)41-14-25(51)45-27(19(7)49)34(57)47-28(20(8)50)33(56)42-22(35(58)59)10-9-11-40-36(38)39/h16-24,26-28,48-50H,9-15,37H2,1-8H3,(H,41,53)(H,42,56)(H,43,54)(H,44,55)(H,45,51)(H,46,52)(H,47,57)(H,58,59)(H4,38,39,40)/t19-,20-,21+,22+,23+,24+,26+,27+,28+/m1/s1. The molecule has 0 fully saturated rings. The molecule has 338 valence electrons. The van der Waals surface area contributed by atoms with E-state index in [0.717, 1.165) is 13.8 Å². The van der Waals surface area contributed by atoms with Gasteiger partial charge >= 0.3 is 5.97 Å². The molecule has 7 amide bonds. The molecule has 0 unspecified atom stereocenters. The van der Waals surface area contributed by atoms with Gasteiger partial charge in [-0.1, -0.05) is 41.5 Å². The minimum absolute atomic E-state index is 0.0458. The molecule has 0 saturated carbocycles. The molecule has 23 nitrogen and oxygen atoms in total. The van der Waals surface area contributed by atoms with Crippen LogP contribution in [0.4, 0.5) is 0 Å². The molecule has 0 spiro atoms. The number of aliphatic imine (C=N–C) groups is 1. The second-order valence-corrected chi connectivity index (χ2v) is 15.5. The Morgan fingerprint density at radius 1 is 0.593 bits per heavy atom. The first-order chi connectivity index (χ1) is 27.3. The van der Waals surface area contributed by atoms with Crippen LogP contribution < -0.4 is 54.4 Å². The Bertz CT molecular complexity index is 1450. The molecule has 0 aliphatic rings. The van der Waals surface area contributed by atoms with Crippen molar-refractivity contribution in [1.82, 2.24) is 37.2 Å². The summed E-state index contributed by atoms with van der Waals surface area (Å²) in [6, 6.07) is -9.71. The van der Waals surface area contributed by atoms with Crippen LogP contribution in [-0.2, 0) is 38.4 Å². The largest absolute Gasteiger partial charge is 0.480 e. The third-order valence-corrected chi connectivity index (χ3v) is 8.59. The smallest absolute Gasteiger partial charge is 0.326 e. The fraction of sp³-hybridized carbons (Fsp3) is 0.750. The molecule has 0 aromatic carbocycles. The van der Waals surface area contributed by atoms with E-state index in [9.17, 15) is 58.8 Å². The van der Waals surface area contributed by atoms with Crippen LogP contribution in [0.3, 0.4) is 0 Å². The number of aliphatic hydroxyl groups is 3. The summed E-state index contributed by atoms with van der Waals surface area (Å²) in [6.45, 7) is 11.3. The van der Waals surface area contributed by atoms with Crippen molar-refractivity contribution in [2.75, 3.05) is 19.7 Å². The summed E-state index contributed by atoms with van der Waals surface area (Å²) in [5, 5.41) is 56.4. The Kier molecular flexibility index (Phi) is 24.5. The molecule has 0 bridgehead atoms. The summed E-state index contributed by atoms with van der Waals surface area (Å²) < 4.78 is 0. The summed E-state index contributed by atoms with van der Waals surface area (Å²) in [5.74, 6) is -8.49. The summed E-state index contributed by atoms with van der Waals surface area (Å²) in [6.07, 6.45) is -2.67. The third kappa shape index (κ3) is 20.9. The fourth-order valence-corrected chi connectivity index (χ4v) is 5.43. The van der Waals surface area contributed by atoms with Crippen molar-refractivity contribution in [3.8, 4) is 0 Å². The van der Waals surface area contributed by atoms with Gasteiger partial charge in [0, 0.05) is 6.54 Å². The first-order valence-electron chi connectivity index (χ1n) is 19.4. The summed E-state index contributed by atoms with van der Waals surface area (Å²) in [5.41, 5.74) is 16.5. The van der Waals surface area contributed by atoms with E-state index in [1.165, 1.54) is 0 Å². The Balaban J connectivity index is 5.69. The molecular weight excluding hydrogens is 778 g/mol. The SMILES string of the molecule is CC(C)C[C@H](NC(=O)[C@H](CO)NC(=O)[C@@H](NC(=O)[C@@H](N)CC(C)C)C(C)C)C(=O)NCC(=O)N[C@H](C(=O)N[C@H](C(=O)N[C@@H](CCCN=C(N)N)C(=O)O)[C@@H](C)O)[C@@H](C)O. The second-order valence-electron chi connectivity index (χ2n) is 15.5. The van der Waals surface area contributed by atoms with Crippen molar-refractivity contribution in [2.24, 2.45) is 39.9 Å². The van der Waals surface area contributed by atoms with Gasteiger partial charge in [0.05, 0.1) is 31.4 Å². The number of carbonyl (C=O) groups excluding carboxylic acids is 7. The number of carboxylic acids is 1. The van der Waals surface area contributed by atoms with Crippen LogP contribution in [0.15, 0.2) is 4.99 Å². The van der Waals surface area contributed by atoms with Crippen molar-refractivity contribution >= 4 is 53.3 Å². The number of hydrogen-bond donors (Lipinski definition) is 14. The third-order valence-electron chi connectivity index (χ3n) is 8.59. The number of nitrogens with zero attached hydrogens (tertiary/aromatic N) is 1. The van der Waals surface area contributed by atoms with Gasteiger partial charge in [-0.15, -0.1) is 0 Å². The van der Waals surface area contributed by atoms with Gasteiger partial charge in [0.15, 0.2) is 5.96 Å². The number of rotatable bonds is 27. The number of hydrogen-bond acceptors (Lipinski definition) is 13. The molecule has 0 aliphatic heterocycles. The number of nitrogens with one attached hydrogen (secondary N) is 7. The van der Waals surface area contributed by atoms with Crippen LogP contribution in [0.2, 0.25) is 0 Å². The first-order valence-corrected chi connectivity index (χ1v) is 19.4. The number of aliphatic hydroxyl groups excluding tert-OH is 3. The normalized spacial score (nSPS) is 15.8. The van der Waals surface area contributed by atoms with Gasteiger partial charge in [-0.25, -0.2) is 4.79 Å². The maximum Gasteiger partial charge on any atom is 0.326 e. The van der Waals surface area contributed by atoms with Crippen LogP contribution >= 0.6 is 0 Å². The Labute approximate surface area is 344 Å². The summed E-state index contributed by atoms with van der Waals surface area (Å²) in [4.78, 5) is 107. The predicted molar refractivity (Wildman–Crippen MR) is 214 cm³/mol. The molecule has 0 rings (SSSR count). The van der Waals surface area contributed by atoms with Crippen LogP contribution in [0.5, 0.6) is 0 Å². The van der Waals surface area contributed by atoms with Gasteiger partial charge in [0.1, 0.15) is 36.3 Å². The van der Waals surface area contributed by atoms with E-state index in [4.69, 9.17) is 17.2 Å². The van der Waals surface area contributed by atoms with Crippen molar-refractivity contribution in [3.05, 3.63) is 0 Å². The highest BCUT2D eigenvalue weighted by Gasteiger charge is 2.35. The van der Waals surface area contributed by atoms with Gasteiger partial charge in [-0.3, -0.25) is 38.6 Å². The van der Waals surface area contributed by atoms with E-state index in [2.05, 4.69) is 42.2 Å². The summed E-state index contributed by atoms with van der Waals surface area (Å²) in [7, 11) is 0. The first kappa shape index (κ1) is 53.9. The number of nitrogens with two attached hydrogens (primary N) is 3. The minimum Gasteiger partial charge on any atom is -0.480 e. The number of amides is 7. The van der Waals surface area contributed by atoms with Crippen molar-refractivity contribution in [2.45, 2.75) is 136 Å². The number of guanidine groups is 1. The highest BCUT2D eigenvalue weighted by Crippen LogP contribution is 2.09. The topological polar surface area (TPSA) is 392 Å². The van der Waals surface area contributed by atoms with E-state index in [1.807, 2.05) is 13.8 Å². The van der Waals surface area contributed by atoms with Gasteiger partial charge < -0.3 is 74.8 Å². The zero-order valence-electron chi connectivity index (χ0n) is 35.1. The molecule has 0 saturated heterocycles. The predicted octanol–water partition coefficient (Wildman–Crippen LogP) is -5.02. The molecule has 59 heavy (non-hydrogen) atoms. The molecular formula is C36H67N11O12. The monoisotopic (exact) mass is 845 g/mol. The van der Waals surface area contributed by atoms with E-state index >= 15 is 0 Å². The van der Waals surface area contributed by atoms with Gasteiger partial charge in [0.25, 0.3) is 0 Å². The molecule has 0 aromatic heterocycles. The quantitative estimate of drug-likeness (QED) is 0.0209. The fourth-order valence-electron chi connectivity index (χ4n) is 5.43. The van der Waals surface area contributed by atoms with E-state index in [0.29, 0.717) is 6.42 Å². The molecule has 23 heteroatoms. The average molecular weight is 846 g/mol. The zero-order valence-corrected chi connectivity index (χ0v) is 35.1. The van der Waals surface area contributed by atoms with Crippen molar-refractivity contribution < 1.29 is 58.8 Å². The van der Waals surface area contributed by atoms with Crippen LogP contribution in [0, 0.1) is 17.8 Å². The number of carbonyl (C=O) groups is 8. The molecule has 17 N–H and O–H groups in total.